The fraction of sp³-hybridized carbons (Fsp3) is 0.407. The van der Waals surface area contributed by atoms with Crippen molar-refractivity contribution in [1.29, 1.82) is 0 Å². The number of H-pyrrole nitrogens is 2. The molecule has 37 heavy (non-hydrogen) atoms. The van der Waals surface area contributed by atoms with Gasteiger partial charge in [-0.15, -0.1) is 5.10 Å². The molecule has 0 atom stereocenters. The molecular formula is C27H27N7O2S. The zero-order chi connectivity index (χ0) is 25.1. The first-order valence-electron chi connectivity index (χ1n) is 12.9. The lowest BCUT2D eigenvalue weighted by Crippen LogP contribution is -2.59. The van der Waals surface area contributed by atoms with E-state index in [9.17, 15) is 9.59 Å². The maximum atomic E-state index is 13.6. The number of carbonyl (C=O) groups is 2. The fourth-order valence-corrected chi connectivity index (χ4v) is 7.81. The molecule has 2 aromatic heterocycles. The molecule has 3 aromatic rings. The number of nitrogens with one attached hydrogen (secondary N) is 3. The van der Waals surface area contributed by atoms with Crippen molar-refractivity contribution >= 4 is 35.2 Å². The smallest absolute Gasteiger partial charge is 0.265 e. The molecule has 2 amide bonds. The molecule has 4 bridgehead atoms. The molecule has 1 aromatic carbocycles. The van der Waals surface area contributed by atoms with E-state index in [4.69, 9.17) is 12.2 Å². The molecule has 5 fully saturated rings. The number of hydrogen-bond acceptors (Lipinski definition) is 6. The lowest BCUT2D eigenvalue weighted by atomic mass is 9.49. The summed E-state index contributed by atoms with van der Waals surface area (Å²) in [6.07, 6.45) is 9.17. The third-order valence-corrected chi connectivity index (χ3v) is 8.99. The van der Waals surface area contributed by atoms with Gasteiger partial charge in [0.1, 0.15) is 5.57 Å². The van der Waals surface area contributed by atoms with Crippen LogP contribution in [0.15, 0.2) is 42.0 Å². The van der Waals surface area contributed by atoms with E-state index in [1.54, 1.807) is 11.0 Å². The highest BCUT2D eigenvalue weighted by Gasteiger charge is 2.52. The Morgan fingerprint density at radius 1 is 0.973 bits per heavy atom. The van der Waals surface area contributed by atoms with Crippen molar-refractivity contribution in [3.05, 3.63) is 47.7 Å². The highest BCUT2D eigenvalue weighted by Crippen LogP contribution is 2.60. The topological polar surface area (TPSA) is 120 Å². The van der Waals surface area contributed by atoms with Crippen molar-refractivity contribution in [2.45, 2.75) is 38.5 Å². The summed E-state index contributed by atoms with van der Waals surface area (Å²) in [6, 6.07) is 11.6. The molecule has 0 radical (unpaired) electrons. The van der Waals surface area contributed by atoms with Gasteiger partial charge in [-0.05, 0) is 108 Å². The number of rotatable bonds is 5. The molecule has 1 aliphatic heterocycles. The second-order valence-corrected chi connectivity index (χ2v) is 11.7. The van der Waals surface area contributed by atoms with E-state index in [-0.39, 0.29) is 22.0 Å². The molecule has 3 N–H and O–H groups in total. The average molecular weight is 514 g/mol. The number of amides is 2. The van der Waals surface area contributed by atoms with Gasteiger partial charge < -0.3 is 4.98 Å². The van der Waals surface area contributed by atoms with Gasteiger partial charge in [-0.2, -0.15) is 0 Å². The number of aromatic nitrogens is 5. The maximum Gasteiger partial charge on any atom is 0.265 e. The highest BCUT2D eigenvalue weighted by atomic mass is 32.1. The van der Waals surface area contributed by atoms with Crippen molar-refractivity contribution in [2.24, 2.45) is 23.2 Å². The summed E-state index contributed by atoms with van der Waals surface area (Å²) in [5, 5.41) is 16.9. The molecule has 9 nitrogen and oxygen atoms in total. The van der Waals surface area contributed by atoms with Crippen LogP contribution in [0, 0.1) is 23.2 Å². The van der Waals surface area contributed by atoms with E-state index in [1.807, 2.05) is 36.4 Å². The minimum Gasteiger partial charge on any atom is -0.355 e. The third kappa shape index (κ3) is 3.99. The van der Waals surface area contributed by atoms with Crippen molar-refractivity contribution in [1.82, 2.24) is 35.8 Å². The minimum absolute atomic E-state index is 0.111. The summed E-state index contributed by atoms with van der Waals surface area (Å²) in [5.41, 5.74) is 3.64. The first kappa shape index (κ1) is 22.5. The average Bonchev–Trinajstić information content (AvgIpc) is 3.57. The maximum absolute atomic E-state index is 13.6. The van der Waals surface area contributed by atoms with Crippen LogP contribution >= 0.6 is 12.2 Å². The minimum atomic E-state index is -0.446. The molecule has 0 unspecified atom stereocenters. The monoisotopic (exact) mass is 513 g/mol. The SMILES string of the molecule is O=C1NC(=S)N(CC23CC4CC(CC(C4)C2)C3)C(=O)C1=Cc1ccc(-c2ccc(-c3nnn[nH]3)cc2)[nH]1. The molecule has 4 aliphatic carbocycles. The lowest BCUT2D eigenvalue weighted by Gasteiger charge is -2.58. The molecule has 1 saturated heterocycles. The van der Waals surface area contributed by atoms with Gasteiger partial charge in [0.25, 0.3) is 11.8 Å². The normalized spacial score (nSPS) is 29.8. The van der Waals surface area contributed by atoms with Gasteiger partial charge in [0.15, 0.2) is 10.9 Å². The van der Waals surface area contributed by atoms with Crippen LogP contribution in [0.3, 0.4) is 0 Å². The first-order chi connectivity index (χ1) is 17.9. The van der Waals surface area contributed by atoms with Crippen molar-refractivity contribution < 1.29 is 9.59 Å². The van der Waals surface area contributed by atoms with E-state index in [1.165, 1.54) is 38.5 Å². The Balaban J connectivity index is 1.12. The predicted octanol–water partition coefficient (Wildman–Crippen LogP) is 3.70. The molecule has 8 rings (SSSR count). The largest absolute Gasteiger partial charge is 0.355 e. The second kappa shape index (κ2) is 8.44. The number of thiocarbonyl (C=S) groups is 1. The summed E-state index contributed by atoms with van der Waals surface area (Å²) in [7, 11) is 0. The van der Waals surface area contributed by atoms with Crippen LogP contribution in [0.4, 0.5) is 0 Å². The van der Waals surface area contributed by atoms with E-state index >= 15 is 0 Å². The van der Waals surface area contributed by atoms with E-state index in [0.717, 1.165) is 34.6 Å². The van der Waals surface area contributed by atoms with Crippen molar-refractivity contribution in [3.63, 3.8) is 0 Å². The summed E-state index contributed by atoms with van der Waals surface area (Å²) in [5.74, 6) is 2.19. The summed E-state index contributed by atoms with van der Waals surface area (Å²) in [4.78, 5) is 31.4. The van der Waals surface area contributed by atoms with Gasteiger partial charge in [0.05, 0.1) is 0 Å². The molecular weight excluding hydrogens is 486 g/mol. The molecule has 3 heterocycles. The fourth-order valence-electron chi connectivity index (χ4n) is 7.57. The zero-order valence-electron chi connectivity index (χ0n) is 20.2. The Bertz CT molecular complexity index is 1390. The molecule has 4 saturated carbocycles. The van der Waals surface area contributed by atoms with E-state index in [2.05, 4.69) is 30.9 Å². The standard InChI is InChI=1S/C27H27N7O2S/c35-24-21(10-20-5-6-22(28-20)18-1-3-19(4-2-18)23-30-32-33-31-23)25(36)34(26(37)29-24)14-27-11-15-7-16(12-27)9-17(8-15)13-27/h1-6,10,15-17,28H,7-9,11-14H2,(H,29,35,37)(H,30,31,32,33). The van der Waals surface area contributed by atoms with Crippen LogP contribution in [0.1, 0.15) is 44.2 Å². The summed E-state index contributed by atoms with van der Waals surface area (Å²) < 4.78 is 0. The van der Waals surface area contributed by atoms with Gasteiger partial charge in [0, 0.05) is 23.5 Å². The van der Waals surface area contributed by atoms with Gasteiger partial charge in [-0.3, -0.25) is 19.8 Å². The quantitative estimate of drug-likeness (QED) is 0.272. The number of benzene rings is 1. The summed E-state index contributed by atoms with van der Waals surface area (Å²) >= 11 is 5.48. The Morgan fingerprint density at radius 2 is 1.65 bits per heavy atom. The Morgan fingerprint density at radius 3 is 2.30 bits per heavy atom. The molecule has 5 aliphatic rings. The van der Waals surface area contributed by atoms with E-state index < -0.39 is 5.91 Å². The van der Waals surface area contributed by atoms with Crippen LogP contribution in [-0.4, -0.2) is 54.0 Å². The van der Waals surface area contributed by atoms with Crippen LogP contribution in [-0.2, 0) is 9.59 Å². The molecule has 10 heteroatoms. The van der Waals surface area contributed by atoms with Crippen LogP contribution in [0.25, 0.3) is 28.7 Å². The van der Waals surface area contributed by atoms with Gasteiger partial charge in [-0.1, -0.05) is 24.3 Å². The van der Waals surface area contributed by atoms with Crippen LogP contribution in [0.5, 0.6) is 0 Å². The van der Waals surface area contributed by atoms with Crippen molar-refractivity contribution in [3.8, 4) is 22.6 Å². The van der Waals surface area contributed by atoms with E-state index in [0.29, 0.717) is 18.1 Å². The van der Waals surface area contributed by atoms with Gasteiger partial charge in [0.2, 0.25) is 0 Å². The van der Waals surface area contributed by atoms with Gasteiger partial charge >= 0.3 is 0 Å². The summed E-state index contributed by atoms with van der Waals surface area (Å²) in [6.45, 7) is 0.606. The van der Waals surface area contributed by atoms with Crippen molar-refractivity contribution in [2.75, 3.05) is 6.54 Å². The lowest BCUT2D eigenvalue weighted by molar-refractivity contribution is -0.132. The molecule has 188 valence electrons. The number of carbonyl (C=O) groups excluding carboxylic acids is 2. The number of aromatic amines is 2. The number of hydrogen-bond donors (Lipinski definition) is 3. The Kier molecular flexibility index (Phi) is 5.14. The Labute approximate surface area is 219 Å². The van der Waals surface area contributed by atoms with Crippen LogP contribution in [0.2, 0.25) is 0 Å². The zero-order valence-corrected chi connectivity index (χ0v) is 21.1. The number of nitrogens with zero attached hydrogens (tertiary/aromatic N) is 4. The van der Waals surface area contributed by atoms with Gasteiger partial charge in [-0.25, -0.2) is 5.10 Å². The molecule has 0 spiro atoms. The highest BCUT2D eigenvalue weighted by molar-refractivity contribution is 7.80. The third-order valence-electron chi connectivity index (χ3n) is 8.67. The number of tetrazole rings is 1. The second-order valence-electron chi connectivity index (χ2n) is 11.3. The predicted molar refractivity (Wildman–Crippen MR) is 140 cm³/mol. The van der Waals surface area contributed by atoms with Crippen LogP contribution < -0.4 is 5.32 Å². The first-order valence-corrected chi connectivity index (χ1v) is 13.3. The Hall–Kier alpha value is -3.66.